The molecule has 0 saturated carbocycles. The lowest BCUT2D eigenvalue weighted by Crippen LogP contribution is -2.13. The fourth-order valence-electron chi connectivity index (χ4n) is 3.02. The van der Waals surface area contributed by atoms with E-state index in [2.05, 4.69) is 0 Å². The van der Waals surface area contributed by atoms with Gasteiger partial charge in [0.25, 0.3) is 0 Å². The van der Waals surface area contributed by atoms with Crippen molar-refractivity contribution in [2.75, 3.05) is 40.6 Å². The van der Waals surface area contributed by atoms with E-state index in [9.17, 15) is 4.79 Å². The molecule has 28 heavy (non-hydrogen) atoms. The lowest BCUT2D eigenvalue weighted by molar-refractivity contribution is 0.108. The summed E-state index contributed by atoms with van der Waals surface area (Å²) < 4.78 is 21.6. The minimum Gasteiger partial charge on any atom is -0.491 e. The van der Waals surface area contributed by atoms with Crippen molar-refractivity contribution in [2.24, 2.45) is 0 Å². The smallest absolute Gasteiger partial charge is 0.186 e. The van der Waals surface area contributed by atoms with E-state index in [-0.39, 0.29) is 14.1 Å². The molecule has 0 heterocycles. The maximum absolute atomic E-state index is 13.0. The zero-order valence-corrected chi connectivity index (χ0v) is 18.3. The van der Waals surface area contributed by atoms with E-state index in [1.807, 2.05) is 51.1 Å². The van der Waals surface area contributed by atoms with Gasteiger partial charge in [-0.15, -0.1) is 0 Å². The average molecular weight is 404 g/mol. The Morgan fingerprint density at radius 3 is 2.07 bits per heavy atom. The van der Waals surface area contributed by atoms with Gasteiger partial charge in [-0.3, -0.25) is 4.79 Å². The zero-order chi connectivity index (χ0) is 20.5. The Hall–Kier alpha value is -1.94. The van der Waals surface area contributed by atoms with E-state index in [1.54, 1.807) is 14.2 Å². The number of carbonyl (C=O) groups excluding carboxylic acids is 1. The minimum atomic E-state index is -0.0302. The van der Waals surface area contributed by atoms with Gasteiger partial charge < -0.3 is 18.9 Å². The normalized spacial score (nSPS) is 11.2. The first-order chi connectivity index (χ1) is 13.5. The molecule has 0 spiro atoms. The van der Waals surface area contributed by atoms with E-state index in [0.717, 1.165) is 27.6 Å². The molecule has 2 aromatic carbocycles. The van der Waals surface area contributed by atoms with Gasteiger partial charge in [-0.1, -0.05) is 17.7 Å². The van der Waals surface area contributed by atoms with Gasteiger partial charge in [0.1, 0.15) is 24.7 Å². The fourth-order valence-corrected chi connectivity index (χ4v) is 4.21. The quantitative estimate of drug-likeness (QED) is 0.421. The molecule has 5 nitrogen and oxygen atoms in total. The Balaban J connectivity index is 2.23. The SMILES string of the molecule is COCCOc1ccc(PC(=O)c2c(C)cc(C)cc2C)c(OCCOC)c1. The summed E-state index contributed by atoms with van der Waals surface area (Å²) in [5.41, 5.74) is 4.09. The summed E-state index contributed by atoms with van der Waals surface area (Å²) >= 11 is 0. The minimum absolute atomic E-state index is 0.0302. The van der Waals surface area contributed by atoms with Gasteiger partial charge in [0.2, 0.25) is 0 Å². The highest BCUT2D eigenvalue weighted by atomic mass is 31.1. The molecule has 0 bridgehead atoms. The second-order valence-corrected chi connectivity index (χ2v) is 7.81. The Kier molecular flexibility index (Phi) is 8.91. The first-order valence-electron chi connectivity index (χ1n) is 9.23. The Morgan fingerprint density at radius 1 is 0.857 bits per heavy atom. The standard InChI is InChI=1S/C22H29O5P/c1-15-12-16(2)21(17(3)13-15)22(23)28-20-7-6-18(26-10-8-24-4)14-19(20)27-11-9-25-5/h6-7,12-14,28H,8-11H2,1-5H3. The summed E-state index contributed by atoms with van der Waals surface area (Å²) in [6.45, 7) is 7.86. The van der Waals surface area contributed by atoms with Gasteiger partial charge in [-0.2, -0.15) is 0 Å². The van der Waals surface area contributed by atoms with Crippen LogP contribution in [0.25, 0.3) is 0 Å². The Bertz CT molecular complexity index is 781. The third kappa shape index (κ3) is 6.30. The van der Waals surface area contributed by atoms with Crippen molar-refractivity contribution in [3.05, 3.63) is 52.6 Å². The fraction of sp³-hybridized carbons (Fsp3) is 0.409. The lowest BCUT2D eigenvalue weighted by Gasteiger charge is -2.15. The average Bonchev–Trinajstić information content (AvgIpc) is 2.63. The molecule has 0 aliphatic heterocycles. The molecule has 152 valence electrons. The van der Waals surface area contributed by atoms with E-state index >= 15 is 0 Å². The van der Waals surface area contributed by atoms with Crippen molar-refractivity contribution >= 4 is 19.4 Å². The predicted molar refractivity (Wildman–Crippen MR) is 114 cm³/mol. The molecule has 0 aliphatic rings. The second kappa shape index (κ2) is 11.2. The van der Waals surface area contributed by atoms with Gasteiger partial charge in [0, 0.05) is 31.2 Å². The van der Waals surface area contributed by atoms with Crippen LogP contribution in [0.2, 0.25) is 0 Å². The second-order valence-electron chi connectivity index (χ2n) is 6.57. The van der Waals surface area contributed by atoms with Gasteiger partial charge in [0.15, 0.2) is 5.52 Å². The first-order valence-corrected chi connectivity index (χ1v) is 10.2. The van der Waals surface area contributed by atoms with Crippen LogP contribution >= 0.6 is 8.58 Å². The van der Waals surface area contributed by atoms with Crippen molar-refractivity contribution in [3.8, 4) is 11.5 Å². The Morgan fingerprint density at radius 2 is 1.46 bits per heavy atom. The molecule has 1 unspecified atom stereocenters. The number of rotatable bonds is 11. The Labute approximate surface area is 169 Å². The third-order valence-corrected chi connectivity index (χ3v) is 5.37. The molecular weight excluding hydrogens is 375 g/mol. The monoisotopic (exact) mass is 404 g/mol. The molecule has 0 saturated heterocycles. The van der Waals surface area contributed by atoms with E-state index in [4.69, 9.17) is 18.9 Å². The van der Waals surface area contributed by atoms with Crippen LogP contribution < -0.4 is 14.8 Å². The highest BCUT2D eigenvalue weighted by molar-refractivity contribution is 7.66. The van der Waals surface area contributed by atoms with Gasteiger partial charge in [0.05, 0.1) is 13.2 Å². The number of hydrogen-bond donors (Lipinski definition) is 0. The van der Waals surface area contributed by atoms with Crippen LogP contribution in [-0.2, 0) is 9.47 Å². The molecule has 2 rings (SSSR count). The van der Waals surface area contributed by atoms with Gasteiger partial charge in [-0.05, 0) is 52.6 Å². The highest BCUT2D eigenvalue weighted by Gasteiger charge is 2.16. The first kappa shape index (κ1) is 22.4. The van der Waals surface area contributed by atoms with Crippen LogP contribution in [-0.4, -0.2) is 46.2 Å². The molecule has 0 radical (unpaired) electrons. The van der Waals surface area contributed by atoms with Crippen LogP contribution in [0.4, 0.5) is 0 Å². The maximum atomic E-state index is 13.0. The number of methoxy groups -OCH3 is 2. The van der Waals surface area contributed by atoms with Crippen molar-refractivity contribution in [3.63, 3.8) is 0 Å². The molecule has 0 aliphatic carbocycles. The number of carbonyl (C=O) groups is 1. The maximum Gasteiger partial charge on any atom is 0.186 e. The molecule has 6 heteroatoms. The highest BCUT2D eigenvalue weighted by Crippen LogP contribution is 2.30. The van der Waals surface area contributed by atoms with Crippen molar-refractivity contribution in [1.29, 1.82) is 0 Å². The summed E-state index contributed by atoms with van der Waals surface area (Å²) in [4.78, 5) is 13.0. The van der Waals surface area contributed by atoms with Crippen LogP contribution in [0.5, 0.6) is 11.5 Å². The van der Waals surface area contributed by atoms with Crippen LogP contribution in [0, 0.1) is 20.8 Å². The predicted octanol–water partition coefficient (Wildman–Crippen LogP) is 3.81. The van der Waals surface area contributed by atoms with E-state index in [0.29, 0.717) is 37.9 Å². The largest absolute Gasteiger partial charge is 0.491 e. The number of benzene rings is 2. The topological polar surface area (TPSA) is 54.0 Å². The van der Waals surface area contributed by atoms with Gasteiger partial charge >= 0.3 is 0 Å². The summed E-state index contributed by atoms with van der Waals surface area (Å²) in [7, 11) is 3.23. The molecule has 0 amide bonds. The lowest BCUT2D eigenvalue weighted by atomic mass is 10.0. The van der Waals surface area contributed by atoms with Crippen molar-refractivity contribution < 1.29 is 23.7 Å². The molecule has 0 aromatic heterocycles. The van der Waals surface area contributed by atoms with Crippen molar-refractivity contribution in [1.82, 2.24) is 0 Å². The van der Waals surface area contributed by atoms with E-state index < -0.39 is 0 Å². The summed E-state index contributed by atoms with van der Waals surface area (Å²) in [5, 5.41) is 0.861. The molecule has 0 N–H and O–H groups in total. The number of aryl methyl sites for hydroxylation is 3. The van der Waals surface area contributed by atoms with Crippen molar-refractivity contribution in [2.45, 2.75) is 20.8 Å². The summed E-state index contributed by atoms with van der Waals surface area (Å²) in [5.74, 6) is 1.34. The van der Waals surface area contributed by atoms with Crippen LogP contribution in [0.1, 0.15) is 27.0 Å². The molecule has 1 atom stereocenters. The summed E-state index contributed by atoms with van der Waals surface area (Å²) in [6.07, 6.45) is 0. The summed E-state index contributed by atoms with van der Waals surface area (Å²) in [6, 6.07) is 9.69. The zero-order valence-electron chi connectivity index (χ0n) is 17.3. The van der Waals surface area contributed by atoms with E-state index in [1.165, 1.54) is 0 Å². The third-order valence-electron chi connectivity index (χ3n) is 4.21. The van der Waals surface area contributed by atoms with Gasteiger partial charge in [-0.25, -0.2) is 0 Å². The number of hydrogen-bond acceptors (Lipinski definition) is 5. The molecule has 2 aromatic rings. The molecule has 0 fully saturated rings. The molecular formula is C22H29O5P. The van der Waals surface area contributed by atoms with Crippen LogP contribution in [0.3, 0.4) is 0 Å². The number of ether oxygens (including phenoxy) is 4. The van der Waals surface area contributed by atoms with Crippen LogP contribution in [0.15, 0.2) is 30.3 Å².